The van der Waals surface area contributed by atoms with E-state index < -0.39 is 0 Å². The predicted molar refractivity (Wildman–Crippen MR) is 73.1 cm³/mol. The van der Waals surface area contributed by atoms with Gasteiger partial charge in [0.15, 0.2) is 0 Å². The number of hydrogen-bond donors (Lipinski definition) is 1. The van der Waals surface area contributed by atoms with Crippen LogP contribution in [0.4, 0.5) is 5.69 Å². The van der Waals surface area contributed by atoms with Crippen molar-refractivity contribution in [3.05, 3.63) is 24.3 Å². The van der Waals surface area contributed by atoms with E-state index in [4.69, 9.17) is 10.5 Å². The van der Waals surface area contributed by atoms with Gasteiger partial charge in [-0.2, -0.15) is 11.8 Å². The van der Waals surface area contributed by atoms with E-state index in [0.29, 0.717) is 0 Å². The lowest BCUT2D eigenvalue weighted by Gasteiger charge is -2.08. The van der Waals surface area contributed by atoms with Gasteiger partial charge in [0.1, 0.15) is 5.75 Å². The average molecular weight is 239 g/mol. The highest BCUT2D eigenvalue weighted by Gasteiger charge is 1.98. The smallest absolute Gasteiger partial charge is 0.142 e. The maximum atomic E-state index is 5.77. The summed E-state index contributed by atoms with van der Waals surface area (Å²) in [4.78, 5) is 0. The van der Waals surface area contributed by atoms with Crippen molar-refractivity contribution in [3.8, 4) is 5.75 Å². The third-order valence-corrected chi connectivity index (χ3v) is 3.22. The van der Waals surface area contributed by atoms with Crippen molar-refractivity contribution in [2.75, 3.05) is 23.8 Å². The molecule has 2 nitrogen and oxygen atoms in total. The lowest BCUT2D eigenvalue weighted by atomic mass is 10.2. The Kier molecular flexibility index (Phi) is 6.16. The highest BCUT2D eigenvalue weighted by molar-refractivity contribution is 7.99. The Hall–Kier alpha value is -0.830. The lowest BCUT2D eigenvalue weighted by Crippen LogP contribution is -2.03. The van der Waals surface area contributed by atoms with Gasteiger partial charge in [-0.15, -0.1) is 0 Å². The number of nitrogens with two attached hydrogens (primary N) is 1. The topological polar surface area (TPSA) is 35.2 Å². The quantitative estimate of drug-likeness (QED) is 0.585. The van der Waals surface area contributed by atoms with Crippen molar-refractivity contribution >= 4 is 17.4 Å². The minimum Gasteiger partial charge on any atom is -0.491 e. The van der Waals surface area contributed by atoms with Gasteiger partial charge in [0, 0.05) is 5.75 Å². The van der Waals surface area contributed by atoms with Gasteiger partial charge in [-0.1, -0.05) is 26.0 Å². The largest absolute Gasteiger partial charge is 0.491 e. The van der Waals surface area contributed by atoms with Crippen molar-refractivity contribution in [2.24, 2.45) is 5.92 Å². The maximum Gasteiger partial charge on any atom is 0.142 e. The normalized spacial score (nSPS) is 10.7. The van der Waals surface area contributed by atoms with Gasteiger partial charge in [-0.05, 0) is 30.2 Å². The lowest BCUT2D eigenvalue weighted by molar-refractivity contribution is 0.346. The molecule has 2 N–H and O–H groups in total. The first-order valence-corrected chi connectivity index (χ1v) is 6.90. The van der Waals surface area contributed by atoms with Crippen LogP contribution in [0.1, 0.15) is 20.3 Å². The maximum absolute atomic E-state index is 5.77. The molecule has 0 aliphatic heterocycles. The predicted octanol–water partition coefficient (Wildman–Crippen LogP) is 3.43. The van der Waals surface area contributed by atoms with Crippen molar-refractivity contribution < 1.29 is 4.74 Å². The number of hydrogen-bond acceptors (Lipinski definition) is 3. The first kappa shape index (κ1) is 13.2. The van der Waals surface area contributed by atoms with E-state index in [0.717, 1.165) is 29.7 Å². The molecule has 0 aromatic heterocycles. The molecule has 0 radical (unpaired) electrons. The molecule has 0 saturated heterocycles. The van der Waals surface area contributed by atoms with Gasteiger partial charge < -0.3 is 10.5 Å². The molecule has 0 amide bonds. The molecule has 0 unspecified atom stereocenters. The number of thioether (sulfide) groups is 1. The number of para-hydroxylation sites is 2. The van der Waals surface area contributed by atoms with Crippen LogP contribution in [0.25, 0.3) is 0 Å². The Labute approximate surface area is 103 Å². The van der Waals surface area contributed by atoms with Gasteiger partial charge >= 0.3 is 0 Å². The van der Waals surface area contributed by atoms with Crippen LogP contribution in [-0.4, -0.2) is 18.1 Å². The second kappa shape index (κ2) is 7.44. The molecule has 0 aliphatic rings. The zero-order chi connectivity index (χ0) is 11.8. The molecular formula is C13H21NOS. The fourth-order valence-corrected chi connectivity index (χ4v) is 2.29. The molecule has 0 aliphatic carbocycles. The van der Waals surface area contributed by atoms with Crippen LogP contribution in [-0.2, 0) is 0 Å². The molecule has 1 rings (SSSR count). The van der Waals surface area contributed by atoms with E-state index in [1.165, 1.54) is 12.2 Å². The summed E-state index contributed by atoms with van der Waals surface area (Å²) in [6.45, 7) is 5.24. The average Bonchev–Trinajstić information content (AvgIpc) is 2.25. The third kappa shape index (κ3) is 5.31. The number of ether oxygens (including phenoxy) is 1. The molecule has 0 bridgehead atoms. The summed E-state index contributed by atoms with van der Waals surface area (Å²) in [5.41, 5.74) is 6.49. The van der Waals surface area contributed by atoms with Crippen LogP contribution < -0.4 is 10.5 Å². The first-order valence-electron chi connectivity index (χ1n) is 5.75. The fourth-order valence-electron chi connectivity index (χ4n) is 1.24. The zero-order valence-corrected chi connectivity index (χ0v) is 10.9. The Morgan fingerprint density at radius 1 is 1.25 bits per heavy atom. The fraction of sp³-hybridized carbons (Fsp3) is 0.538. The second-order valence-corrected chi connectivity index (χ2v) is 5.41. The van der Waals surface area contributed by atoms with Crippen LogP contribution in [0.3, 0.4) is 0 Å². The van der Waals surface area contributed by atoms with Crippen molar-refractivity contribution in [1.82, 2.24) is 0 Å². The Morgan fingerprint density at radius 2 is 2.00 bits per heavy atom. The molecule has 0 saturated carbocycles. The summed E-state index contributed by atoms with van der Waals surface area (Å²) >= 11 is 1.94. The molecule has 90 valence electrons. The number of anilines is 1. The SMILES string of the molecule is CC(C)CCSCCOc1ccccc1N. The number of benzene rings is 1. The summed E-state index contributed by atoms with van der Waals surface area (Å²) in [6, 6.07) is 7.63. The molecular weight excluding hydrogens is 218 g/mol. The molecule has 1 aromatic rings. The zero-order valence-electron chi connectivity index (χ0n) is 10.1. The first-order chi connectivity index (χ1) is 7.70. The van der Waals surface area contributed by atoms with Crippen LogP contribution >= 0.6 is 11.8 Å². The van der Waals surface area contributed by atoms with E-state index in [9.17, 15) is 0 Å². The summed E-state index contributed by atoms with van der Waals surface area (Å²) in [6.07, 6.45) is 1.28. The Balaban J connectivity index is 2.10. The van der Waals surface area contributed by atoms with Crippen LogP contribution in [0.2, 0.25) is 0 Å². The third-order valence-electron chi connectivity index (χ3n) is 2.24. The summed E-state index contributed by atoms with van der Waals surface area (Å²) in [5, 5.41) is 0. The molecule has 3 heteroatoms. The highest BCUT2D eigenvalue weighted by atomic mass is 32.2. The van der Waals surface area contributed by atoms with E-state index in [2.05, 4.69) is 13.8 Å². The highest BCUT2D eigenvalue weighted by Crippen LogP contribution is 2.20. The monoisotopic (exact) mass is 239 g/mol. The Morgan fingerprint density at radius 3 is 2.69 bits per heavy atom. The van der Waals surface area contributed by atoms with Gasteiger partial charge in [-0.3, -0.25) is 0 Å². The van der Waals surface area contributed by atoms with Gasteiger partial charge in [0.2, 0.25) is 0 Å². The summed E-state index contributed by atoms with van der Waals surface area (Å²) in [5.74, 6) is 3.83. The van der Waals surface area contributed by atoms with Crippen LogP contribution in [0.15, 0.2) is 24.3 Å². The molecule has 0 fully saturated rings. The van der Waals surface area contributed by atoms with Gasteiger partial charge in [-0.25, -0.2) is 0 Å². The molecule has 0 spiro atoms. The standard InChI is InChI=1S/C13H21NOS/c1-11(2)7-9-16-10-8-15-13-6-4-3-5-12(13)14/h3-6,11H,7-10,14H2,1-2H3. The minimum absolute atomic E-state index is 0.717. The van der Waals surface area contributed by atoms with E-state index >= 15 is 0 Å². The second-order valence-electron chi connectivity index (χ2n) is 4.18. The van der Waals surface area contributed by atoms with Gasteiger partial charge in [0.25, 0.3) is 0 Å². The minimum atomic E-state index is 0.717. The van der Waals surface area contributed by atoms with E-state index in [-0.39, 0.29) is 0 Å². The van der Waals surface area contributed by atoms with Crippen molar-refractivity contribution in [3.63, 3.8) is 0 Å². The van der Waals surface area contributed by atoms with Crippen molar-refractivity contribution in [1.29, 1.82) is 0 Å². The summed E-state index contributed by atoms with van der Waals surface area (Å²) < 4.78 is 5.60. The molecule has 0 heterocycles. The molecule has 16 heavy (non-hydrogen) atoms. The number of nitrogen functional groups attached to an aromatic ring is 1. The van der Waals surface area contributed by atoms with Crippen LogP contribution in [0, 0.1) is 5.92 Å². The molecule has 0 atom stereocenters. The van der Waals surface area contributed by atoms with E-state index in [1.54, 1.807) is 0 Å². The summed E-state index contributed by atoms with van der Waals surface area (Å²) in [7, 11) is 0. The van der Waals surface area contributed by atoms with Gasteiger partial charge in [0.05, 0.1) is 12.3 Å². The molecule has 1 aromatic carbocycles. The Bertz CT molecular complexity index is 302. The van der Waals surface area contributed by atoms with Crippen molar-refractivity contribution in [2.45, 2.75) is 20.3 Å². The van der Waals surface area contributed by atoms with Crippen LogP contribution in [0.5, 0.6) is 5.75 Å². The number of rotatable bonds is 7. The van der Waals surface area contributed by atoms with E-state index in [1.807, 2.05) is 36.0 Å².